The molecule has 26 heavy (non-hydrogen) atoms. The fourth-order valence-electron chi connectivity index (χ4n) is 3.25. The summed E-state index contributed by atoms with van der Waals surface area (Å²) in [6.45, 7) is 3.83. The summed E-state index contributed by atoms with van der Waals surface area (Å²) in [4.78, 5) is 19.1. The van der Waals surface area contributed by atoms with Gasteiger partial charge in [0.25, 0.3) is 5.91 Å². The number of nitrogens with zero attached hydrogens (tertiary/aromatic N) is 2. The standard InChI is InChI=1S/C22H21N3O/c1-16-6-8-18(9-7-16)22(26)24-20-10-11-21(23-14-20)25-13-12-17-4-2-3-5-19(17)15-25/h2-11,14H,12-13,15H2,1H3,(H,24,26). The number of anilines is 2. The third-order valence-electron chi connectivity index (χ3n) is 4.77. The molecule has 1 amide bonds. The predicted octanol–water partition coefficient (Wildman–Crippen LogP) is 4.21. The van der Waals surface area contributed by atoms with Crippen LogP contribution in [0.4, 0.5) is 11.5 Å². The van der Waals surface area contributed by atoms with Crippen molar-refractivity contribution in [3.05, 3.63) is 89.1 Å². The average Bonchev–Trinajstić information content (AvgIpc) is 2.68. The summed E-state index contributed by atoms with van der Waals surface area (Å²) < 4.78 is 0. The lowest BCUT2D eigenvalue weighted by Crippen LogP contribution is -2.30. The fourth-order valence-corrected chi connectivity index (χ4v) is 3.25. The molecule has 4 rings (SSSR count). The minimum absolute atomic E-state index is 0.119. The normalized spacial score (nSPS) is 13.2. The van der Waals surface area contributed by atoms with Gasteiger partial charge in [-0.15, -0.1) is 0 Å². The number of rotatable bonds is 3. The highest BCUT2D eigenvalue weighted by molar-refractivity contribution is 6.04. The number of benzene rings is 2. The number of hydrogen-bond donors (Lipinski definition) is 1. The van der Waals surface area contributed by atoms with Gasteiger partial charge in [-0.1, -0.05) is 42.0 Å². The van der Waals surface area contributed by atoms with Crippen LogP contribution in [-0.4, -0.2) is 17.4 Å². The van der Waals surface area contributed by atoms with Gasteiger partial charge in [-0.05, 0) is 48.7 Å². The summed E-state index contributed by atoms with van der Waals surface area (Å²) in [5, 5.41) is 2.90. The van der Waals surface area contributed by atoms with Gasteiger partial charge in [0.2, 0.25) is 0 Å². The third kappa shape index (κ3) is 3.45. The Labute approximate surface area is 153 Å². The number of fused-ring (bicyclic) bond motifs is 1. The molecular formula is C22H21N3O. The van der Waals surface area contributed by atoms with Crippen LogP contribution in [0.15, 0.2) is 66.9 Å². The van der Waals surface area contributed by atoms with E-state index in [0.29, 0.717) is 11.3 Å². The zero-order valence-electron chi connectivity index (χ0n) is 14.8. The zero-order chi connectivity index (χ0) is 17.9. The first-order valence-electron chi connectivity index (χ1n) is 8.85. The van der Waals surface area contributed by atoms with E-state index < -0.39 is 0 Å². The molecule has 1 N–H and O–H groups in total. The first kappa shape index (κ1) is 16.3. The quantitative estimate of drug-likeness (QED) is 0.775. The van der Waals surface area contributed by atoms with Crippen molar-refractivity contribution in [1.29, 1.82) is 0 Å². The second kappa shape index (κ2) is 7.00. The maximum atomic E-state index is 12.3. The molecule has 1 aliphatic heterocycles. The van der Waals surface area contributed by atoms with Crippen LogP contribution >= 0.6 is 0 Å². The highest BCUT2D eigenvalue weighted by Gasteiger charge is 2.17. The first-order valence-corrected chi connectivity index (χ1v) is 8.85. The Kier molecular flexibility index (Phi) is 4.40. The largest absolute Gasteiger partial charge is 0.352 e. The lowest BCUT2D eigenvalue weighted by molar-refractivity contribution is 0.102. The van der Waals surface area contributed by atoms with E-state index in [1.165, 1.54) is 11.1 Å². The van der Waals surface area contributed by atoms with Crippen molar-refractivity contribution in [1.82, 2.24) is 4.98 Å². The van der Waals surface area contributed by atoms with E-state index in [2.05, 4.69) is 39.5 Å². The van der Waals surface area contributed by atoms with Gasteiger partial charge in [0.15, 0.2) is 0 Å². The van der Waals surface area contributed by atoms with Crippen LogP contribution in [0, 0.1) is 6.92 Å². The van der Waals surface area contributed by atoms with Crippen molar-refractivity contribution >= 4 is 17.4 Å². The van der Waals surface area contributed by atoms with Crippen LogP contribution in [0.2, 0.25) is 0 Å². The molecule has 4 nitrogen and oxygen atoms in total. The summed E-state index contributed by atoms with van der Waals surface area (Å²) in [5.74, 6) is 0.819. The van der Waals surface area contributed by atoms with Crippen molar-refractivity contribution in [2.45, 2.75) is 19.9 Å². The van der Waals surface area contributed by atoms with Gasteiger partial charge in [-0.3, -0.25) is 4.79 Å². The lowest BCUT2D eigenvalue weighted by Gasteiger charge is -2.29. The van der Waals surface area contributed by atoms with Crippen LogP contribution < -0.4 is 10.2 Å². The van der Waals surface area contributed by atoms with Gasteiger partial charge in [0.1, 0.15) is 5.82 Å². The van der Waals surface area contributed by atoms with Crippen molar-refractivity contribution < 1.29 is 4.79 Å². The van der Waals surface area contributed by atoms with E-state index in [1.807, 2.05) is 43.3 Å². The first-order chi connectivity index (χ1) is 12.7. The molecule has 1 aliphatic rings. The second-order valence-electron chi connectivity index (χ2n) is 6.67. The molecule has 130 valence electrons. The minimum atomic E-state index is -0.119. The van der Waals surface area contributed by atoms with E-state index >= 15 is 0 Å². The molecule has 4 heteroatoms. The Morgan fingerprint density at radius 2 is 1.77 bits per heavy atom. The molecule has 0 radical (unpaired) electrons. The molecule has 0 spiro atoms. The molecule has 2 aromatic carbocycles. The van der Waals surface area contributed by atoms with Crippen LogP contribution in [0.25, 0.3) is 0 Å². The molecule has 0 unspecified atom stereocenters. The third-order valence-corrected chi connectivity index (χ3v) is 4.77. The summed E-state index contributed by atoms with van der Waals surface area (Å²) in [6.07, 6.45) is 2.76. The SMILES string of the molecule is Cc1ccc(C(=O)Nc2ccc(N3CCc4ccccc4C3)nc2)cc1. The van der Waals surface area contributed by atoms with Crippen molar-refractivity contribution in [3.8, 4) is 0 Å². The summed E-state index contributed by atoms with van der Waals surface area (Å²) in [7, 11) is 0. The van der Waals surface area contributed by atoms with Crippen molar-refractivity contribution in [2.24, 2.45) is 0 Å². The molecule has 0 atom stereocenters. The van der Waals surface area contributed by atoms with Crippen molar-refractivity contribution in [2.75, 3.05) is 16.8 Å². The van der Waals surface area contributed by atoms with Crippen molar-refractivity contribution in [3.63, 3.8) is 0 Å². The van der Waals surface area contributed by atoms with Gasteiger partial charge in [-0.25, -0.2) is 4.98 Å². The molecule has 0 bridgehead atoms. The number of nitrogens with one attached hydrogen (secondary N) is 1. The minimum Gasteiger partial charge on any atom is -0.352 e. The number of pyridine rings is 1. The average molecular weight is 343 g/mol. The number of aryl methyl sites for hydroxylation is 1. The Morgan fingerprint density at radius 3 is 2.50 bits per heavy atom. The Morgan fingerprint density at radius 1 is 1.00 bits per heavy atom. The van der Waals surface area contributed by atoms with Gasteiger partial charge in [0.05, 0.1) is 11.9 Å². The lowest BCUT2D eigenvalue weighted by atomic mass is 10.00. The Balaban J connectivity index is 1.44. The maximum Gasteiger partial charge on any atom is 0.255 e. The summed E-state index contributed by atoms with van der Waals surface area (Å²) >= 11 is 0. The molecule has 2 heterocycles. The van der Waals surface area contributed by atoms with E-state index in [-0.39, 0.29) is 5.91 Å². The molecule has 1 aromatic heterocycles. The Bertz CT molecular complexity index is 917. The van der Waals surface area contributed by atoms with Gasteiger partial charge in [-0.2, -0.15) is 0 Å². The van der Waals surface area contributed by atoms with Crippen LogP contribution in [0.3, 0.4) is 0 Å². The fraction of sp³-hybridized carbons (Fsp3) is 0.182. The van der Waals surface area contributed by atoms with Gasteiger partial charge < -0.3 is 10.2 Å². The highest BCUT2D eigenvalue weighted by Crippen LogP contribution is 2.23. The zero-order valence-corrected chi connectivity index (χ0v) is 14.8. The molecule has 3 aromatic rings. The number of aromatic nitrogens is 1. The number of amides is 1. The van der Waals surface area contributed by atoms with E-state index in [4.69, 9.17) is 0 Å². The van der Waals surface area contributed by atoms with E-state index in [9.17, 15) is 4.79 Å². The van der Waals surface area contributed by atoms with Gasteiger partial charge in [0, 0.05) is 18.7 Å². The van der Waals surface area contributed by atoms with Gasteiger partial charge >= 0.3 is 0 Å². The molecule has 0 saturated heterocycles. The maximum absolute atomic E-state index is 12.3. The monoisotopic (exact) mass is 343 g/mol. The molecular weight excluding hydrogens is 322 g/mol. The highest BCUT2D eigenvalue weighted by atomic mass is 16.1. The molecule has 0 fully saturated rings. The summed E-state index contributed by atoms with van der Waals surface area (Å²) in [6, 6.07) is 20.0. The number of carbonyl (C=O) groups excluding carboxylic acids is 1. The second-order valence-corrected chi connectivity index (χ2v) is 6.67. The van der Waals surface area contributed by atoms with Crippen LogP contribution in [0.1, 0.15) is 27.0 Å². The molecule has 0 aliphatic carbocycles. The predicted molar refractivity (Wildman–Crippen MR) is 105 cm³/mol. The summed E-state index contributed by atoms with van der Waals surface area (Å²) in [5.41, 5.74) is 5.27. The number of hydrogen-bond acceptors (Lipinski definition) is 3. The van der Waals surface area contributed by atoms with E-state index in [1.54, 1.807) is 6.20 Å². The Hall–Kier alpha value is -3.14. The topological polar surface area (TPSA) is 45.2 Å². The molecule has 0 saturated carbocycles. The van der Waals surface area contributed by atoms with Crippen LogP contribution in [0.5, 0.6) is 0 Å². The van der Waals surface area contributed by atoms with Crippen LogP contribution in [-0.2, 0) is 13.0 Å². The smallest absolute Gasteiger partial charge is 0.255 e. The van der Waals surface area contributed by atoms with E-state index in [0.717, 1.165) is 30.9 Å². The number of carbonyl (C=O) groups is 1.